The second-order valence-corrected chi connectivity index (χ2v) is 3.30. The Morgan fingerprint density at radius 3 is 3.15 bits per heavy atom. The van der Waals surface area contributed by atoms with E-state index in [9.17, 15) is 4.39 Å². The van der Waals surface area contributed by atoms with Gasteiger partial charge in [-0.1, -0.05) is 12.2 Å². The first-order valence-corrected chi connectivity index (χ1v) is 4.65. The van der Waals surface area contributed by atoms with Gasteiger partial charge in [0.05, 0.1) is 6.20 Å². The van der Waals surface area contributed by atoms with E-state index in [-0.39, 0.29) is 5.82 Å². The SMILES string of the molecule is CNCC=Cc1cc(Br)ncc1F. The van der Waals surface area contributed by atoms with E-state index in [1.54, 1.807) is 12.1 Å². The molecule has 1 heterocycles. The molecule has 13 heavy (non-hydrogen) atoms. The minimum atomic E-state index is -0.310. The average molecular weight is 245 g/mol. The Hall–Kier alpha value is -0.740. The van der Waals surface area contributed by atoms with Crippen molar-refractivity contribution in [3.8, 4) is 0 Å². The molecule has 0 radical (unpaired) electrons. The lowest BCUT2D eigenvalue weighted by Gasteiger charge is -1.96. The number of rotatable bonds is 3. The first-order chi connectivity index (χ1) is 6.24. The number of nitrogens with zero attached hydrogens (tertiary/aromatic N) is 1. The summed E-state index contributed by atoms with van der Waals surface area (Å²) in [5.41, 5.74) is 0.539. The van der Waals surface area contributed by atoms with Crippen LogP contribution in [0.15, 0.2) is 22.9 Å². The summed E-state index contributed by atoms with van der Waals surface area (Å²) in [4.78, 5) is 3.76. The highest BCUT2D eigenvalue weighted by Crippen LogP contribution is 2.13. The smallest absolute Gasteiger partial charge is 0.148 e. The predicted molar refractivity (Wildman–Crippen MR) is 54.9 cm³/mol. The van der Waals surface area contributed by atoms with E-state index in [1.807, 2.05) is 13.1 Å². The van der Waals surface area contributed by atoms with Gasteiger partial charge in [-0.25, -0.2) is 9.37 Å². The standard InChI is InChI=1S/C9H10BrFN2/c1-12-4-2-3-7-5-9(10)13-6-8(7)11/h2-3,5-6,12H,4H2,1H3. The third kappa shape index (κ3) is 3.24. The molecule has 70 valence electrons. The van der Waals surface area contributed by atoms with Crippen molar-refractivity contribution in [3.05, 3.63) is 34.3 Å². The summed E-state index contributed by atoms with van der Waals surface area (Å²) in [7, 11) is 1.84. The Morgan fingerprint density at radius 1 is 1.69 bits per heavy atom. The van der Waals surface area contributed by atoms with Gasteiger partial charge in [-0.3, -0.25) is 0 Å². The summed E-state index contributed by atoms with van der Waals surface area (Å²) >= 11 is 3.18. The fourth-order valence-corrected chi connectivity index (χ4v) is 1.21. The summed E-state index contributed by atoms with van der Waals surface area (Å²) in [6.45, 7) is 0.722. The topological polar surface area (TPSA) is 24.9 Å². The van der Waals surface area contributed by atoms with Crippen molar-refractivity contribution in [1.29, 1.82) is 0 Å². The molecule has 0 atom stereocenters. The molecular weight excluding hydrogens is 235 g/mol. The van der Waals surface area contributed by atoms with Crippen LogP contribution in [0.25, 0.3) is 6.08 Å². The normalized spacial score (nSPS) is 11.0. The zero-order valence-corrected chi connectivity index (χ0v) is 8.81. The van der Waals surface area contributed by atoms with Crippen LogP contribution in [0, 0.1) is 5.82 Å². The van der Waals surface area contributed by atoms with Crippen molar-refractivity contribution in [3.63, 3.8) is 0 Å². The zero-order valence-electron chi connectivity index (χ0n) is 7.22. The average Bonchev–Trinajstić information content (AvgIpc) is 2.11. The number of pyridine rings is 1. The van der Waals surface area contributed by atoms with Gasteiger partial charge in [0.2, 0.25) is 0 Å². The second-order valence-electron chi connectivity index (χ2n) is 2.49. The first kappa shape index (κ1) is 10.3. The first-order valence-electron chi connectivity index (χ1n) is 3.86. The molecule has 1 aromatic heterocycles. The van der Waals surface area contributed by atoms with Gasteiger partial charge in [-0.15, -0.1) is 0 Å². The summed E-state index contributed by atoms with van der Waals surface area (Å²) in [6, 6.07) is 1.64. The highest BCUT2D eigenvalue weighted by Gasteiger charge is 1.98. The quantitative estimate of drug-likeness (QED) is 0.826. The number of likely N-dealkylation sites (N-methyl/N-ethyl adjacent to an activating group) is 1. The minimum absolute atomic E-state index is 0.310. The van der Waals surface area contributed by atoms with Crippen LogP contribution in [-0.4, -0.2) is 18.6 Å². The molecule has 0 bridgehead atoms. The Labute approximate surface area is 85.0 Å². The molecule has 1 N–H and O–H groups in total. The molecule has 0 aliphatic rings. The van der Waals surface area contributed by atoms with Gasteiger partial charge in [0, 0.05) is 12.1 Å². The maximum Gasteiger partial charge on any atom is 0.148 e. The summed E-state index contributed by atoms with van der Waals surface area (Å²) in [6.07, 6.45) is 4.77. The maximum absolute atomic E-state index is 13.0. The van der Waals surface area contributed by atoms with Gasteiger partial charge < -0.3 is 5.32 Å². The van der Waals surface area contributed by atoms with Crippen molar-refractivity contribution in [2.75, 3.05) is 13.6 Å². The molecule has 1 rings (SSSR count). The van der Waals surface area contributed by atoms with Crippen molar-refractivity contribution < 1.29 is 4.39 Å². The van der Waals surface area contributed by atoms with Crippen LogP contribution in [0.5, 0.6) is 0 Å². The molecule has 0 saturated heterocycles. The lowest BCUT2D eigenvalue weighted by molar-refractivity contribution is 0.617. The van der Waals surface area contributed by atoms with E-state index in [2.05, 4.69) is 26.2 Å². The van der Waals surface area contributed by atoms with E-state index < -0.39 is 0 Å². The zero-order chi connectivity index (χ0) is 9.68. The van der Waals surface area contributed by atoms with Crippen LogP contribution in [0.3, 0.4) is 0 Å². The number of aromatic nitrogens is 1. The van der Waals surface area contributed by atoms with Gasteiger partial charge in [0.25, 0.3) is 0 Å². The van der Waals surface area contributed by atoms with E-state index in [1.165, 1.54) is 6.20 Å². The van der Waals surface area contributed by atoms with Crippen molar-refractivity contribution in [2.45, 2.75) is 0 Å². The van der Waals surface area contributed by atoms with Gasteiger partial charge in [-0.05, 0) is 29.0 Å². The fraction of sp³-hybridized carbons (Fsp3) is 0.222. The molecule has 0 saturated carbocycles. The minimum Gasteiger partial charge on any atom is -0.316 e. The third-order valence-electron chi connectivity index (χ3n) is 1.47. The van der Waals surface area contributed by atoms with Crippen LogP contribution in [-0.2, 0) is 0 Å². The van der Waals surface area contributed by atoms with Crippen LogP contribution in [0.1, 0.15) is 5.56 Å². The van der Waals surface area contributed by atoms with Crippen LogP contribution in [0.2, 0.25) is 0 Å². The van der Waals surface area contributed by atoms with E-state index in [4.69, 9.17) is 0 Å². The second kappa shape index (κ2) is 5.09. The summed E-state index contributed by atoms with van der Waals surface area (Å²) < 4.78 is 13.7. The fourth-order valence-electron chi connectivity index (χ4n) is 0.859. The Bertz CT molecular complexity index is 312. The number of hydrogen-bond donors (Lipinski definition) is 1. The lowest BCUT2D eigenvalue weighted by Crippen LogP contribution is -2.03. The number of halogens is 2. The molecule has 1 aromatic rings. The molecular formula is C9H10BrFN2. The number of nitrogens with one attached hydrogen (secondary N) is 1. The number of hydrogen-bond acceptors (Lipinski definition) is 2. The van der Waals surface area contributed by atoms with E-state index in [0.29, 0.717) is 10.2 Å². The molecule has 0 aliphatic heterocycles. The largest absolute Gasteiger partial charge is 0.316 e. The van der Waals surface area contributed by atoms with Crippen molar-refractivity contribution >= 4 is 22.0 Å². The Kier molecular flexibility index (Phi) is 4.05. The molecule has 0 aromatic carbocycles. The maximum atomic E-state index is 13.0. The molecule has 0 unspecified atom stereocenters. The third-order valence-corrected chi connectivity index (χ3v) is 1.90. The van der Waals surface area contributed by atoms with Gasteiger partial charge >= 0.3 is 0 Å². The Balaban J connectivity index is 2.81. The molecule has 4 heteroatoms. The molecule has 0 aliphatic carbocycles. The van der Waals surface area contributed by atoms with E-state index >= 15 is 0 Å². The monoisotopic (exact) mass is 244 g/mol. The summed E-state index contributed by atoms with van der Waals surface area (Å²) in [5.74, 6) is -0.310. The molecule has 0 spiro atoms. The van der Waals surface area contributed by atoms with Crippen molar-refractivity contribution in [2.24, 2.45) is 0 Å². The Morgan fingerprint density at radius 2 is 2.46 bits per heavy atom. The highest BCUT2D eigenvalue weighted by molar-refractivity contribution is 9.10. The van der Waals surface area contributed by atoms with E-state index in [0.717, 1.165) is 6.54 Å². The summed E-state index contributed by atoms with van der Waals surface area (Å²) in [5, 5.41) is 2.94. The van der Waals surface area contributed by atoms with Crippen LogP contribution < -0.4 is 5.32 Å². The molecule has 0 amide bonds. The van der Waals surface area contributed by atoms with Gasteiger partial charge in [0.15, 0.2) is 0 Å². The molecule has 0 fully saturated rings. The molecule has 2 nitrogen and oxygen atoms in total. The lowest BCUT2D eigenvalue weighted by atomic mass is 10.2. The van der Waals surface area contributed by atoms with Crippen LogP contribution >= 0.6 is 15.9 Å². The van der Waals surface area contributed by atoms with Gasteiger partial charge in [-0.2, -0.15) is 0 Å². The van der Waals surface area contributed by atoms with Crippen LogP contribution in [0.4, 0.5) is 4.39 Å². The predicted octanol–water partition coefficient (Wildman–Crippen LogP) is 2.22. The van der Waals surface area contributed by atoms with Gasteiger partial charge in [0.1, 0.15) is 10.4 Å². The van der Waals surface area contributed by atoms with Crippen molar-refractivity contribution in [1.82, 2.24) is 10.3 Å². The highest BCUT2D eigenvalue weighted by atomic mass is 79.9.